The zero-order valence-electron chi connectivity index (χ0n) is 17.8. The van der Waals surface area contributed by atoms with E-state index in [9.17, 15) is 9.59 Å². The van der Waals surface area contributed by atoms with Crippen molar-refractivity contribution < 1.29 is 14.3 Å². The maximum atomic E-state index is 13.0. The van der Waals surface area contributed by atoms with Crippen molar-refractivity contribution in [2.45, 2.75) is 52.6 Å². The van der Waals surface area contributed by atoms with E-state index in [4.69, 9.17) is 10.5 Å². The summed E-state index contributed by atoms with van der Waals surface area (Å²) in [5, 5.41) is 0. The average molecular weight is 424 g/mol. The highest BCUT2D eigenvalue weighted by Gasteiger charge is 2.39. The zero-order valence-corrected chi connectivity index (χ0v) is 18.6. The first kappa shape index (κ1) is 23.6. The van der Waals surface area contributed by atoms with Crippen molar-refractivity contribution >= 4 is 29.9 Å². The van der Waals surface area contributed by atoms with Crippen LogP contribution in [0.1, 0.15) is 42.4 Å². The third-order valence-electron chi connectivity index (χ3n) is 5.84. The first-order chi connectivity index (χ1) is 13.4. The molecule has 1 unspecified atom stereocenters. The van der Waals surface area contributed by atoms with Crippen LogP contribution in [0.2, 0.25) is 0 Å². The number of amides is 2. The molecule has 2 N–H and O–H groups in total. The third-order valence-corrected chi connectivity index (χ3v) is 5.84. The fourth-order valence-corrected chi connectivity index (χ4v) is 4.52. The summed E-state index contributed by atoms with van der Waals surface area (Å²) in [4.78, 5) is 29.4. The number of aryl methyl sites for hydroxylation is 3. The molecule has 29 heavy (non-hydrogen) atoms. The highest BCUT2D eigenvalue weighted by atomic mass is 35.5. The number of carbonyl (C=O) groups excluding carboxylic acids is 2. The number of rotatable bonds is 6. The first-order valence-electron chi connectivity index (χ1n) is 10.4. The van der Waals surface area contributed by atoms with E-state index in [0.717, 1.165) is 36.1 Å². The van der Waals surface area contributed by atoms with Crippen LogP contribution in [0, 0.1) is 26.7 Å². The molecule has 7 heteroatoms. The number of ether oxygens (including phenoxy) is 1. The van der Waals surface area contributed by atoms with Crippen molar-refractivity contribution in [3.63, 3.8) is 0 Å². The van der Waals surface area contributed by atoms with Gasteiger partial charge in [-0.05, 0) is 57.7 Å². The van der Waals surface area contributed by atoms with Crippen molar-refractivity contribution in [2.75, 3.05) is 37.7 Å². The quantitative estimate of drug-likeness (QED) is 0.714. The lowest BCUT2D eigenvalue weighted by Crippen LogP contribution is -2.44. The molecular formula is C22H34ClN3O3. The predicted octanol–water partition coefficient (Wildman–Crippen LogP) is 2.74. The number of nitrogens with zero attached hydrogens (tertiary/aromatic N) is 2. The van der Waals surface area contributed by atoms with Crippen LogP contribution in [0.25, 0.3) is 0 Å². The highest BCUT2D eigenvalue weighted by molar-refractivity contribution is 6.01. The maximum absolute atomic E-state index is 13.0. The molecule has 2 aliphatic rings. The molecule has 2 aliphatic heterocycles. The maximum Gasteiger partial charge on any atom is 0.228 e. The molecule has 2 fully saturated rings. The van der Waals surface area contributed by atoms with E-state index >= 15 is 0 Å². The van der Waals surface area contributed by atoms with Gasteiger partial charge in [0, 0.05) is 38.3 Å². The molecule has 1 atom stereocenters. The van der Waals surface area contributed by atoms with Gasteiger partial charge in [-0.25, -0.2) is 0 Å². The number of likely N-dealkylation sites (tertiary alicyclic amines) is 1. The SMILES string of the molecule is Cc1cc(C)c(N2CC(C(=O)N3CCC(OCCCN)CC3)CC2=O)c(C)c1.Cl. The summed E-state index contributed by atoms with van der Waals surface area (Å²) in [5.41, 5.74) is 9.85. The summed E-state index contributed by atoms with van der Waals surface area (Å²) in [6.07, 6.45) is 3.11. The van der Waals surface area contributed by atoms with Gasteiger partial charge in [0.05, 0.1) is 12.0 Å². The van der Waals surface area contributed by atoms with Gasteiger partial charge in [-0.3, -0.25) is 9.59 Å². The van der Waals surface area contributed by atoms with Crippen molar-refractivity contribution in [3.8, 4) is 0 Å². The molecule has 162 valence electrons. The summed E-state index contributed by atoms with van der Waals surface area (Å²) < 4.78 is 5.82. The second-order valence-electron chi connectivity index (χ2n) is 8.19. The number of piperidine rings is 1. The number of benzene rings is 1. The molecule has 0 aliphatic carbocycles. The third kappa shape index (κ3) is 5.50. The molecule has 0 radical (unpaired) electrons. The average Bonchev–Trinajstić information content (AvgIpc) is 3.02. The van der Waals surface area contributed by atoms with Gasteiger partial charge in [0.15, 0.2) is 0 Å². The van der Waals surface area contributed by atoms with Gasteiger partial charge in [-0.1, -0.05) is 17.7 Å². The molecule has 0 spiro atoms. The number of anilines is 1. The fraction of sp³-hybridized carbons (Fsp3) is 0.636. The number of hydrogen-bond donors (Lipinski definition) is 1. The Morgan fingerprint density at radius 1 is 1.17 bits per heavy atom. The lowest BCUT2D eigenvalue weighted by Gasteiger charge is -2.33. The minimum atomic E-state index is -0.248. The minimum absolute atomic E-state index is 0. The largest absolute Gasteiger partial charge is 0.378 e. The summed E-state index contributed by atoms with van der Waals surface area (Å²) in [6, 6.07) is 4.19. The Balaban J connectivity index is 0.00000300. The Labute approximate surface area is 180 Å². The molecule has 0 aromatic heterocycles. The van der Waals surface area contributed by atoms with E-state index < -0.39 is 0 Å². The molecule has 2 saturated heterocycles. The molecule has 0 bridgehead atoms. The molecule has 1 aromatic carbocycles. The smallest absolute Gasteiger partial charge is 0.228 e. The van der Waals surface area contributed by atoms with E-state index in [-0.39, 0.29) is 36.2 Å². The van der Waals surface area contributed by atoms with Crippen LogP contribution in [-0.2, 0) is 14.3 Å². The molecule has 2 amide bonds. The van der Waals surface area contributed by atoms with E-state index in [1.807, 2.05) is 23.6 Å². The normalized spacial score (nSPS) is 20.1. The molecular weight excluding hydrogens is 390 g/mol. The fourth-order valence-electron chi connectivity index (χ4n) is 4.52. The van der Waals surface area contributed by atoms with Crippen LogP contribution < -0.4 is 10.6 Å². The van der Waals surface area contributed by atoms with Crippen molar-refractivity contribution in [2.24, 2.45) is 11.7 Å². The Morgan fingerprint density at radius 2 is 1.79 bits per heavy atom. The Bertz CT molecular complexity index is 709. The summed E-state index contributed by atoms with van der Waals surface area (Å²) in [5.74, 6) is -0.0885. The Kier molecular flexibility index (Phi) is 8.49. The van der Waals surface area contributed by atoms with Crippen molar-refractivity contribution in [3.05, 3.63) is 28.8 Å². The molecule has 6 nitrogen and oxygen atoms in total. The van der Waals surface area contributed by atoms with Gasteiger partial charge in [0.25, 0.3) is 0 Å². The minimum Gasteiger partial charge on any atom is -0.378 e. The van der Waals surface area contributed by atoms with Crippen LogP contribution in [-0.4, -0.2) is 55.6 Å². The summed E-state index contributed by atoms with van der Waals surface area (Å²) >= 11 is 0. The Morgan fingerprint density at radius 3 is 2.38 bits per heavy atom. The first-order valence-corrected chi connectivity index (χ1v) is 10.4. The molecule has 1 aromatic rings. The zero-order chi connectivity index (χ0) is 20.3. The van der Waals surface area contributed by atoms with Gasteiger partial charge in [0.1, 0.15) is 0 Å². The van der Waals surface area contributed by atoms with Gasteiger partial charge in [-0.15, -0.1) is 12.4 Å². The van der Waals surface area contributed by atoms with E-state index in [1.165, 1.54) is 5.56 Å². The molecule has 2 heterocycles. The highest BCUT2D eigenvalue weighted by Crippen LogP contribution is 2.32. The van der Waals surface area contributed by atoms with E-state index in [1.54, 1.807) is 0 Å². The van der Waals surface area contributed by atoms with E-state index in [2.05, 4.69) is 19.1 Å². The van der Waals surface area contributed by atoms with Gasteiger partial charge < -0.3 is 20.3 Å². The lowest BCUT2D eigenvalue weighted by molar-refractivity contribution is -0.138. The van der Waals surface area contributed by atoms with Gasteiger partial charge in [-0.2, -0.15) is 0 Å². The standard InChI is InChI=1S/C22H33N3O3.ClH/c1-15-11-16(2)21(17(3)12-15)25-14-18(13-20(25)26)22(27)24-8-5-19(6-9-24)28-10-4-7-23;/h11-12,18-19H,4-10,13-14,23H2,1-3H3;1H. The number of nitrogens with two attached hydrogens (primary N) is 1. The molecule has 3 rings (SSSR count). The monoisotopic (exact) mass is 423 g/mol. The topological polar surface area (TPSA) is 75.9 Å². The molecule has 0 saturated carbocycles. The predicted molar refractivity (Wildman–Crippen MR) is 118 cm³/mol. The number of hydrogen-bond acceptors (Lipinski definition) is 4. The van der Waals surface area contributed by atoms with Crippen LogP contribution in [0.15, 0.2) is 12.1 Å². The van der Waals surface area contributed by atoms with E-state index in [0.29, 0.717) is 39.2 Å². The van der Waals surface area contributed by atoms with Crippen LogP contribution in [0.4, 0.5) is 5.69 Å². The van der Waals surface area contributed by atoms with Gasteiger partial charge >= 0.3 is 0 Å². The lowest BCUT2D eigenvalue weighted by atomic mass is 10.0. The van der Waals surface area contributed by atoms with Crippen molar-refractivity contribution in [1.29, 1.82) is 0 Å². The summed E-state index contributed by atoms with van der Waals surface area (Å²) in [7, 11) is 0. The second-order valence-corrected chi connectivity index (χ2v) is 8.19. The van der Waals surface area contributed by atoms with Crippen molar-refractivity contribution in [1.82, 2.24) is 4.90 Å². The Hall–Kier alpha value is -1.63. The van der Waals surface area contributed by atoms with Crippen LogP contribution in [0.3, 0.4) is 0 Å². The van der Waals surface area contributed by atoms with Crippen LogP contribution in [0.5, 0.6) is 0 Å². The number of carbonyl (C=O) groups is 2. The second kappa shape index (κ2) is 10.4. The number of halogens is 1. The van der Waals surface area contributed by atoms with Gasteiger partial charge in [0.2, 0.25) is 11.8 Å². The summed E-state index contributed by atoms with van der Waals surface area (Å²) in [6.45, 7) is 9.36. The van der Waals surface area contributed by atoms with Crippen LogP contribution >= 0.6 is 12.4 Å².